The Morgan fingerprint density at radius 1 is 1.53 bits per heavy atom. The quantitative estimate of drug-likeness (QED) is 0.624. The molecule has 2 N–H and O–H groups in total. The summed E-state index contributed by atoms with van der Waals surface area (Å²) in [6.45, 7) is 0.266. The highest BCUT2D eigenvalue weighted by atomic mass is 19.1. The number of nitro groups is 1. The van der Waals surface area contributed by atoms with Crippen LogP contribution in [0.15, 0.2) is 18.2 Å². The molecule has 0 radical (unpaired) electrons. The Morgan fingerprint density at radius 3 is 2.71 bits per heavy atom. The number of nitrogens with zero attached hydrogens (tertiary/aromatic N) is 1. The number of rotatable bonds is 4. The molecule has 0 bridgehead atoms. The van der Waals surface area contributed by atoms with Gasteiger partial charge in [0.25, 0.3) is 5.69 Å². The Hall–Kier alpha value is -1.69. The van der Waals surface area contributed by atoms with Crippen LogP contribution in [-0.4, -0.2) is 22.2 Å². The van der Waals surface area contributed by atoms with Gasteiger partial charge in [0.05, 0.1) is 22.3 Å². The van der Waals surface area contributed by atoms with E-state index in [0.717, 1.165) is 12.5 Å². The van der Waals surface area contributed by atoms with Gasteiger partial charge in [-0.2, -0.15) is 0 Å². The van der Waals surface area contributed by atoms with Crippen molar-refractivity contribution in [2.24, 2.45) is 0 Å². The van der Waals surface area contributed by atoms with Crippen LogP contribution in [0.25, 0.3) is 0 Å². The largest absolute Gasteiger partial charge is 0.388 e. The predicted molar refractivity (Wildman–Crippen MR) is 60.3 cm³/mol. The van der Waals surface area contributed by atoms with Crippen molar-refractivity contribution < 1.29 is 14.4 Å². The lowest BCUT2D eigenvalue weighted by Gasteiger charge is -2.36. The first-order valence-corrected chi connectivity index (χ1v) is 5.40. The summed E-state index contributed by atoms with van der Waals surface area (Å²) < 4.78 is 13.5. The van der Waals surface area contributed by atoms with Gasteiger partial charge in [-0.1, -0.05) is 0 Å². The Morgan fingerprint density at radius 2 is 2.24 bits per heavy atom. The van der Waals surface area contributed by atoms with E-state index < -0.39 is 16.3 Å². The topological polar surface area (TPSA) is 75.4 Å². The number of nitro benzene ring substituents is 1. The van der Waals surface area contributed by atoms with E-state index in [2.05, 4.69) is 5.32 Å². The van der Waals surface area contributed by atoms with Gasteiger partial charge in [0.15, 0.2) is 5.82 Å². The van der Waals surface area contributed by atoms with Crippen LogP contribution in [0.1, 0.15) is 19.3 Å². The van der Waals surface area contributed by atoms with Gasteiger partial charge >= 0.3 is 0 Å². The van der Waals surface area contributed by atoms with Crippen LogP contribution in [0.2, 0.25) is 0 Å². The lowest BCUT2D eigenvalue weighted by Crippen LogP contribution is -2.43. The lowest BCUT2D eigenvalue weighted by molar-refractivity contribution is -0.385. The fraction of sp³-hybridized carbons (Fsp3) is 0.455. The van der Waals surface area contributed by atoms with E-state index in [-0.39, 0.29) is 17.9 Å². The second-order valence-corrected chi connectivity index (χ2v) is 4.35. The summed E-state index contributed by atoms with van der Waals surface area (Å²) in [6.07, 6.45) is 2.38. The minimum Gasteiger partial charge on any atom is -0.388 e. The molecule has 0 aromatic heterocycles. The number of benzene rings is 1. The number of hydrogen-bond donors (Lipinski definition) is 2. The lowest BCUT2D eigenvalue weighted by atomic mass is 9.80. The molecule has 1 aliphatic carbocycles. The molecular weight excluding hydrogens is 227 g/mol. The van der Waals surface area contributed by atoms with E-state index >= 15 is 0 Å². The molecule has 2 rings (SSSR count). The summed E-state index contributed by atoms with van der Waals surface area (Å²) in [5.41, 5.74) is -0.861. The van der Waals surface area contributed by atoms with Gasteiger partial charge in [-0.15, -0.1) is 0 Å². The first-order chi connectivity index (χ1) is 8.00. The average Bonchev–Trinajstić information content (AvgIpc) is 2.24. The smallest absolute Gasteiger partial charge is 0.272 e. The summed E-state index contributed by atoms with van der Waals surface area (Å²) >= 11 is 0. The molecule has 0 atom stereocenters. The maximum absolute atomic E-state index is 13.5. The third kappa shape index (κ3) is 2.52. The molecule has 5 nitrogen and oxygen atoms in total. The van der Waals surface area contributed by atoms with Gasteiger partial charge in [-0.05, 0) is 25.3 Å². The van der Waals surface area contributed by atoms with Crippen molar-refractivity contribution >= 4 is 11.4 Å². The molecule has 92 valence electrons. The molecular formula is C11H13FN2O3. The number of aliphatic hydroxyl groups is 1. The van der Waals surface area contributed by atoms with Gasteiger partial charge < -0.3 is 10.4 Å². The molecule has 1 saturated carbocycles. The maximum atomic E-state index is 13.5. The van der Waals surface area contributed by atoms with E-state index in [0.29, 0.717) is 12.8 Å². The van der Waals surface area contributed by atoms with E-state index in [9.17, 15) is 19.6 Å². The van der Waals surface area contributed by atoms with Crippen LogP contribution >= 0.6 is 0 Å². The van der Waals surface area contributed by atoms with Crippen molar-refractivity contribution in [2.75, 3.05) is 11.9 Å². The molecule has 1 fully saturated rings. The molecule has 0 spiro atoms. The zero-order chi connectivity index (χ0) is 12.5. The predicted octanol–water partition coefficient (Wildman–Crippen LogP) is 2.06. The molecule has 1 aromatic rings. The first-order valence-electron chi connectivity index (χ1n) is 5.40. The SMILES string of the molecule is O=[N+]([O-])c1ccc(NCC2(O)CCC2)c(F)c1. The summed E-state index contributed by atoms with van der Waals surface area (Å²) in [7, 11) is 0. The number of halogens is 1. The zero-order valence-corrected chi connectivity index (χ0v) is 9.15. The minimum absolute atomic E-state index is 0.177. The van der Waals surface area contributed by atoms with Crippen molar-refractivity contribution in [2.45, 2.75) is 24.9 Å². The third-order valence-electron chi connectivity index (χ3n) is 3.06. The molecule has 17 heavy (non-hydrogen) atoms. The van der Waals surface area contributed by atoms with Gasteiger partial charge in [0.1, 0.15) is 0 Å². The molecule has 1 aromatic carbocycles. The molecule has 0 unspecified atom stereocenters. The van der Waals surface area contributed by atoms with Crippen LogP contribution in [-0.2, 0) is 0 Å². The highest BCUT2D eigenvalue weighted by Gasteiger charge is 2.34. The maximum Gasteiger partial charge on any atom is 0.272 e. The van der Waals surface area contributed by atoms with Crippen LogP contribution in [0.3, 0.4) is 0 Å². The number of nitrogens with one attached hydrogen (secondary N) is 1. The van der Waals surface area contributed by atoms with Crippen molar-refractivity contribution in [3.05, 3.63) is 34.1 Å². The normalized spacial score (nSPS) is 17.3. The van der Waals surface area contributed by atoms with E-state index in [4.69, 9.17) is 0 Å². The third-order valence-corrected chi connectivity index (χ3v) is 3.06. The van der Waals surface area contributed by atoms with Gasteiger partial charge in [0, 0.05) is 12.6 Å². The minimum atomic E-state index is -0.756. The summed E-state index contributed by atoms with van der Waals surface area (Å²) in [5.74, 6) is -0.679. The zero-order valence-electron chi connectivity index (χ0n) is 9.15. The number of non-ortho nitro benzene ring substituents is 1. The summed E-state index contributed by atoms with van der Waals surface area (Å²) in [5, 5.41) is 23.0. The Kier molecular flexibility index (Phi) is 2.97. The molecule has 0 amide bonds. The van der Waals surface area contributed by atoms with E-state index in [1.54, 1.807) is 0 Å². The molecule has 6 heteroatoms. The van der Waals surface area contributed by atoms with Crippen LogP contribution in [0.5, 0.6) is 0 Å². The molecule has 0 aliphatic heterocycles. The van der Waals surface area contributed by atoms with Gasteiger partial charge in [-0.25, -0.2) is 4.39 Å². The Labute approximate surface area is 97.4 Å². The van der Waals surface area contributed by atoms with Gasteiger partial charge in [-0.3, -0.25) is 10.1 Å². The molecule has 1 aliphatic rings. The summed E-state index contributed by atoms with van der Waals surface area (Å²) in [4.78, 5) is 9.77. The second kappa shape index (κ2) is 4.29. The molecule has 0 heterocycles. The average molecular weight is 240 g/mol. The Balaban J connectivity index is 2.03. The standard InChI is InChI=1S/C11H13FN2O3/c12-9-6-8(14(16)17)2-3-10(9)13-7-11(15)4-1-5-11/h2-3,6,13,15H,1,4-5,7H2. The van der Waals surface area contributed by atoms with Gasteiger partial charge in [0.2, 0.25) is 0 Å². The van der Waals surface area contributed by atoms with Crippen molar-refractivity contribution in [3.63, 3.8) is 0 Å². The van der Waals surface area contributed by atoms with Crippen LogP contribution < -0.4 is 5.32 Å². The van der Waals surface area contributed by atoms with Crippen molar-refractivity contribution in [1.29, 1.82) is 0 Å². The van der Waals surface area contributed by atoms with Crippen LogP contribution in [0, 0.1) is 15.9 Å². The number of hydrogen-bond acceptors (Lipinski definition) is 4. The van der Waals surface area contributed by atoms with E-state index in [1.165, 1.54) is 12.1 Å². The fourth-order valence-corrected chi connectivity index (χ4v) is 1.78. The van der Waals surface area contributed by atoms with Crippen molar-refractivity contribution in [1.82, 2.24) is 0 Å². The molecule has 0 saturated heterocycles. The first kappa shape index (κ1) is 11.8. The Bertz CT molecular complexity index is 446. The monoisotopic (exact) mass is 240 g/mol. The van der Waals surface area contributed by atoms with Crippen molar-refractivity contribution in [3.8, 4) is 0 Å². The number of anilines is 1. The van der Waals surface area contributed by atoms with E-state index in [1.807, 2.05) is 0 Å². The van der Waals surface area contributed by atoms with Crippen LogP contribution in [0.4, 0.5) is 15.8 Å². The highest BCUT2D eigenvalue weighted by Crippen LogP contribution is 2.32. The second-order valence-electron chi connectivity index (χ2n) is 4.35. The highest BCUT2D eigenvalue weighted by molar-refractivity contribution is 5.50. The summed E-state index contributed by atoms with van der Waals surface area (Å²) in [6, 6.07) is 3.42. The fourth-order valence-electron chi connectivity index (χ4n) is 1.78.